The largest absolute Gasteiger partial charge is 0.486 e. The van der Waals surface area contributed by atoms with Crippen LogP contribution in [0.2, 0.25) is 0 Å². The van der Waals surface area contributed by atoms with Gasteiger partial charge in [-0.1, -0.05) is 11.3 Å². The van der Waals surface area contributed by atoms with E-state index in [9.17, 15) is 0 Å². The third kappa shape index (κ3) is 3.28. The van der Waals surface area contributed by atoms with Crippen LogP contribution in [0.25, 0.3) is 0 Å². The maximum atomic E-state index is 5.56. The third-order valence-electron chi connectivity index (χ3n) is 1.87. The van der Waals surface area contributed by atoms with Gasteiger partial charge in [-0.3, -0.25) is 0 Å². The zero-order valence-electron chi connectivity index (χ0n) is 10.1. The first-order chi connectivity index (χ1) is 7.72. The Hall–Kier alpha value is -0.940. The summed E-state index contributed by atoms with van der Waals surface area (Å²) < 4.78 is 21.6. The standard InChI is InChI=1S/C11H18O4S/c1-5-13-10-9(15-8(3)12-4)7-16-11(10)14-6-2/h7-8H,5-6H2,1-4H3. The van der Waals surface area contributed by atoms with Gasteiger partial charge in [0.1, 0.15) is 0 Å². The highest BCUT2D eigenvalue weighted by atomic mass is 32.1. The lowest BCUT2D eigenvalue weighted by Gasteiger charge is -2.13. The van der Waals surface area contributed by atoms with Gasteiger partial charge in [-0.15, -0.1) is 0 Å². The Morgan fingerprint density at radius 2 is 1.94 bits per heavy atom. The van der Waals surface area contributed by atoms with E-state index >= 15 is 0 Å². The van der Waals surface area contributed by atoms with Crippen LogP contribution >= 0.6 is 11.3 Å². The average molecular weight is 246 g/mol. The Labute approximate surface area is 100 Å². The van der Waals surface area contributed by atoms with Crippen LogP contribution in [0, 0.1) is 0 Å². The van der Waals surface area contributed by atoms with Crippen LogP contribution in [0.4, 0.5) is 0 Å². The molecule has 4 nitrogen and oxygen atoms in total. The molecular formula is C11H18O4S. The molecule has 1 heterocycles. The minimum absolute atomic E-state index is 0.303. The molecule has 0 N–H and O–H groups in total. The van der Waals surface area contributed by atoms with E-state index in [-0.39, 0.29) is 6.29 Å². The highest BCUT2D eigenvalue weighted by Crippen LogP contribution is 2.44. The molecular weight excluding hydrogens is 228 g/mol. The van der Waals surface area contributed by atoms with Crippen molar-refractivity contribution in [2.24, 2.45) is 0 Å². The van der Waals surface area contributed by atoms with Gasteiger partial charge < -0.3 is 18.9 Å². The minimum Gasteiger partial charge on any atom is -0.486 e. The summed E-state index contributed by atoms with van der Waals surface area (Å²) in [5.41, 5.74) is 0. The monoisotopic (exact) mass is 246 g/mol. The maximum Gasteiger partial charge on any atom is 0.221 e. The van der Waals surface area contributed by atoms with E-state index < -0.39 is 0 Å². The summed E-state index contributed by atoms with van der Waals surface area (Å²) in [6, 6.07) is 0. The van der Waals surface area contributed by atoms with Crippen LogP contribution in [0.5, 0.6) is 16.6 Å². The second-order valence-corrected chi connectivity index (χ2v) is 3.85. The summed E-state index contributed by atoms with van der Waals surface area (Å²) in [6.07, 6.45) is -0.303. The van der Waals surface area contributed by atoms with Gasteiger partial charge in [0.25, 0.3) is 0 Å². The van der Waals surface area contributed by atoms with Crippen molar-refractivity contribution in [1.82, 2.24) is 0 Å². The summed E-state index contributed by atoms with van der Waals surface area (Å²) >= 11 is 1.47. The molecule has 0 radical (unpaired) electrons. The van der Waals surface area contributed by atoms with E-state index in [2.05, 4.69) is 0 Å². The minimum atomic E-state index is -0.303. The van der Waals surface area contributed by atoms with Crippen molar-refractivity contribution in [2.45, 2.75) is 27.1 Å². The summed E-state index contributed by atoms with van der Waals surface area (Å²) in [4.78, 5) is 0. The quantitative estimate of drug-likeness (QED) is 0.693. The molecule has 16 heavy (non-hydrogen) atoms. The molecule has 0 amide bonds. The number of methoxy groups -OCH3 is 1. The van der Waals surface area contributed by atoms with Gasteiger partial charge in [-0.25, -0.2) is 0 Å². The second kappa shape index (κ2) is 6.60. The highest BCUT2D eigenvalue weighted by molar-refractivity contribution is 7.12. The van der Waals surface area contributed by atoms with Gasteiger partial charge in [-0.05, 0) is 20.8 Å². The van der Waals surface area contributed by atoms with Gasteiger partial charge in [-0.2, -0.15) is 0 Å². The zero-order valence-corrected chi connectivity index (χ0v) is 10.9. The number of rotatable bonds is 7. The Morgan fingerprint density at radius 3 is 2.50 bits per heavy atom. The number of hydrogen-bond acceptors (Lipinski definition) is 5. The first-order valence-electron chi connectivity index (χ1n) is 5.29. The predicted molar refractivity (Wildman–Crippen MR) is 63.8 cm³/mol. The number of ether oxygens (including phenoxy) is 4. The molecule has 0 saturated carbocycles. The van der Waals surface area contributed by atoms with Crippen molar-refractivity contribution in [3.63, 3.8) is 0 Å². The fourth-order valence-corrected chi connectivity index (χ4v) is 1.96. The maximum absolute atomic E-state index is 5.56. The molecule has 0 fully saturated rings. The van der Waals surface area contributed by atoms with E-state index in [1.807, 2.05) is 26.2 Å². The molecule has 1 atom stereocenters. The van der Waals surface area contributed by atoms with E-state index in [1.165, 1.54) is 11.3 Å². The third-order valence-corrected chi connectivity index (χ3v) is 2.72. The molecule has 0 bridgehead atoms. The zero-order chi connectivity index (χ0) is 12.0. The number of thiophene rings is 1. The molecule has 5 heteroatoms. The Bertz CT molecular complexity index is 311. The molecule has 1 unspecified atom stereocenters. The van der Waals surface area contributed by atoms with Gasteiger partial charge in [0.2, 0.25) is 10.8 Å². The fourth-order valence-electron chi connectivity index (χ4n) is 1.13. The molecule has 1 aromatic rings. The lowest BCUT2D eigenvalue weighted by Crippen LogP contribution is -2.13. The number of hydrogen-bond donors (Lipinski definition) is 0. The predicted octanol–water partition coefficient (Wildman–Crippen LogP) is 2.92. The van der Waals surface area contributed by atoms with Crippen molar-refractivity contribution in [1.29, 1.82) is 0 Å². The van der Waals surface area contributed by atoms with Gasteiger partial charge in [0.15, 0.2) is 12.0 Å². The smallest absolute Gasteiger partial charge is 0.221 e. The average Bonchev–Trinajstić information content (AvgIpc) is 2.63. The van der Waals surface area contributed by atoms with Gasteiger partial charge >= 0.3 is 0 Å². The SMILES string of the molecule is CCOc1scc(OC(C)OC)c1OCC. The first kappa shape index (κ1) is 13.1. The van der Waals surface area contributed by atoms with Crippen LogP contribution in [-0.4, -0.2) is 26.6 Å². The second-order valence-electron chi connectivity index (χ2n) is 3.00. The molecule has 92 valence electrons. The summed E-state index contributed by atoms with van der Waals surface area (Å²) in [7, 11) is 1.60. The van der Waals surface area contributed by atoms with Gasteiger partial charge in [0, 0.05) is 12.5 Å². The summed E-state index contributed by atoms with van der Waals surface area (Å²) in [5, 5.41) is 2.62. The van der Waals surface area contributed by atoms with Crippen LogP contribution in [0.1, 0.15) is 20.8 Å². The van der Waals surface area contributed by atoms with Crippen molar-refractivity contribution in [3.8, 4) is 16.6 Å². The van der Waals surface area contributed by atoms with Crippen LogP contribution < -0.4 is 14.2 Å². The topological polar surface area (TPSA) is 36.9 Å². The van der Waals surface area contributed by atoms with Crippen molar-refractivity contribution < 1.29 is 18.9 Å². The van der Waals surface area contributed by atoms with Crippen LogP contribution in [-0.2, 0) is 4.74 Å². The molecule has 1 rings (SSSR count). The van der Waals surface area contributed by atoms with Crippen molar-refractivity contribution in [2.75, 3.05) is 20.3 Å². The Kier molecular flexibility index (Phi) is 5.42. The first-order valence-corrected chi connectivity index (χ1v) is 6.17. The lowest BCUT2D eigenvalue weighted by atomic mass is 10.5. The van der Waals surface area contributed by atoms with Crippen LogP contribution in [0.15, 0.2) is 5.38 Å². The van der Waals surface area contributed by atoms with Crippen molar-refractivity contribution >= 4 is 11.3 Å². The van der Waals surface area contributed by atoms with E-state index in [0.29, 0.717) is 24.7 Å². The van der Waals surface area contributed by atoms with E-state index in [4.69, 9.17) is 18.9 Å². The van der Waals surface area contributed by atoms with E-state index in [1.54, 1.807) is 7.11 Å². The summed E-state index contributed by atoms with van der Waals surface area (Å²) in [5.74, 6) is 1.34. The lowest BCUT2D eigenvalue weighted by molar-refractivity contribution is -0.0395. The van der Waals surface area contributed by atoms with Gasteiger partial charge in [0.05, 0.1) is 13.2 Å². The highest BCUT2D eigenvalue weighted by Gasteiger charge is 2.17. The normalized spacial score (nSPS) is 12.2. The molecule has 0 aliphatic rings. The molecule has 0 spiro atoms. The Balaban J connectivity index is 2.81. The molecule has 0 aliphatic carbocycles. The van der Waals surface area contributed by atoms with E-state index in [0.717, 1.165) is 5.06 Å². The molecule has 0 aliphatic heterocycles. The molecule has 0 saturated heterocycles. The van der Waals surface area contributed by atoms with Crippen LogP contribution in [0.3, 0.4) is 0 Å². The molecule has 0 aromatic carbocycles. The van der Waals surface area contributed by atoms with Crippen molar-refractivity contribution in [3.05, 3.63) is 5.38 Å². The molecule has 1 aromatic heterocycles. The Morgan fingerprint density at radius 1 is 1.25 bits per heavy atom. The fraction of sp³-hybridized carbons (Fsp3) is 0.636. The summed E-state index contributed by atoms with van der Waals surface area (Å²) in [6.45, 7) is 6.88.